The third-order valence-electron chi connectivity index (χ3n) is 3.71. The largest absolute Gasteiger partial charge is 0.347 e. The Hall–Kier alpha value is -0.410. The summed E-state index contributed by atoms with van der Waals surface area (Å²) in [7, 11) is 0. The van der Waals surface area contributed by atoms with E-state index in [-0.39, 0.29) is 0 Å². The Balaban J connectivity index is 1.91. The molecule has 2 saturated carbocycles. The van der Waals surface area contributed by atoms with Gasteiger partial charge in [-0.15, -0.1) is 0 Å². The van der Waals surface area contributed by atoms with Crippen LogP contribution in [0, 0.1) is 11.8 Å². The van der Waals surface area contributed by atoms with E-state index < -0.39 is 5.79 Å². The zero-order chi connectivity index (χ0) is 8.89. The zero-order valence-electron chi connectivity index (χ0n) is 7.62. The fourth-order valence-corrected chi connectivity index (χ4v) is 3.01. The quantitative estimate of drug-likeness (QED) is 0.563. The molecule has 2 unspecified atom stereocenters. The molecule has 0 amide bonds. The first-order valence-electron chi connectivity index (χ1n) is 5.11. The molecule has 3 fully saturated rings. The molecule has 0 aromatic carbocycles. The molecule has 0 aromatic rings. The van der Waals surface area contributed by atoms with Crippen LogP contribution in [-0.4, -0.2) is 24.8 Å². The number of Topliss-reactive ketones (excluding diaryl/α,β-unsaturated/α-hetero) is 1. The van der Waals surface area contributed by atoms with Gasteiger partial charge in [-0.1, -0.05) is 0 Å². The van der Waals surface area contributed by atoms with Gasteiger partial charge in [-0.25, -0.2) is 0 Å². The van der Waals surface area contributed by atoms with Crippen molar-refractivity contribution in [3.63, 3.8) is 0 Å². The van der Waals surface area contributed by atoms with Gasteiger partial charge in [0, 0.05) is 11.8 Å². The molecule has 3 nitrogen and oxygen atoms in total. The Labute approximate surface area is 77.4 Å². The summed E-state index contributed by atoms with van der Waals surface area (Å²) in [5.74, 6) is 0.668. The Kier molecular flexibility index (Phi) is 1.56. The smallest absolute Gasteiger partial charge is 0.178 e. The van der Waals surface area contributed by atoms with Gasteiger partial charge in [-0.2, -0.15) is 0 Å². The Bertz CT molecular complexity index is 243. The van der Waals surface area contributed by atoms with E-state index in [4.69, 9.17) is 9.47 Å². The summed E-state index contributed by atoms with van der Waals surface area (Å²) < 4.78 is 11.3. The minimum Gasteiger partial charge on any atom is -0.347 e. The Morgan fingerprint density at radius 1 is 1.23 bits per heavy atom. The summed E-state index contributed by atoms with van der Waals surface area (Å²) in [5.41, 5.74) is 0. The molecule has 0 aromatic heterocycles. The van der Waals surface area contributed by atoms with Gasteiger partial charge in [0.2, 0.25) is 0 Å². The van der Waals surface area contributed by atoms with E-state index in [0.717, 1.165) is 19.3 Å². The molecule has 0 radical (unpaired) electrons. The van der Waals surface area contributed by atoms with Crippen LogP contribution < -0.4 is 0 Å². The maximum absolute atomic E-state index is 11.7. The van der Waals surface area contributed by atoms with Gasteiger partial charge in [-0.3, -0.25) is 4.79 Å². The second-order valence-electron chi connectivity index (χ2n) is 4.36. The highest BCUT2D eigenvalue weighted by molar-refractivity contribution is 5.83. The second kappa shape index (κ2) is 2.55. The lowest BCUT2D eigenvalue weighted by atomic mass is 9.83. The van der Waals surface area contributed by atoms with E-state index in [0.29, 0.717) is 37.3 Å². The molecule has 3 heteroatoms. The molecule has 13 heavy (non-hydrogen) atoms. The fourth-order valence-electron chi connectivity index (χ4n) is 3.01. The van der Waals surface area contributed by atoms with Gasteiger partial charge in [0.25, 0.3) is 0 Å². The number of ether oxygens (including phenoxy) is 2. The molecular formula is C10H14O3. The predicted octanol–water partition coefficient (Wildman–Crippen LogP) is 1.12. The minimum atomic E-state index is -0.496. The number of fused-ring (bicyclic) bond motifs is 3. The number of carbonyl (C=O) groups is 1. The van der Waals surface area contributed by atoms with Crippen LogP contribution in [0.2, 0.25) is 0 Å². The number of carbonyl (C=O) groups excluding carboxylic acids is 1. The molecule has 1 saturated heterocycles. The first-order valence-corrected chi connectivity index (χ1v) is 5.11. The summed E-state index contributed by atoms with van der Waals surface area (Å²) in [6.07, 6.45) is 3.66. The normalized spacial score (nSPS) is 41.7. The summed E-state index contributed by atoms with van der Waals surface area (Å²) in [6.45, 7) is 1.32. The lowest BCUT2D eigenvalue weighted by molar-refractivity contribution is -0.206. The van der Waals surface area contributed by atoms with Gasteiger partial charge >= 0.3 is 0 Å². The van der Waals surface area contributed by atoms with Crippen molar-refractivity contribution in [1.82, 2.24) is 0 Å². The van der Waals surface area contributed by atoms with Crippen molar-refractivity contribution in [2.75, 3.05) is 13.2 Å². The van der Waals surface area contributed by atoms with Gasteiger partial charge in [0.1, 0.15) is 5.78 Å². The maximum atomic E-state index is 11.7. The number of hydrogen-bond acceptors (Lipinski definition) is 3. The molecule has 3 rings (SSSR count). The monoisotopic (exact) mass is 182 g/mol. The minimum absolute atomic E-state index is 0.323. The van der Waals surface area contributed by atoms with E-state index in [1.807, 2.05) is 0 Å². The van der Waals surface area contributed by atoms with Crippen LogP contribution in [0.3, 0.4) is 0 Å². The molecule has 2 atom stereocenters. The third kappa shape index (κ3) is 1.00. The van der Waals surface area contributed by atoms with E-state index in [9.17, 15) is 4.79 Å². The summed E-state index contributed by atoms with van der Waals surface area (Å²) in [4.78, 5) is 11.7. The van der Waals surface area contributed by atoms with Crippen molar-refractivity contribution in [3.05, 3.63) is 0 Å². The van der Waals surface area contributed by atoms with Crippen LogP contribution in [0.4, 0.5) is 0 Å². The van der Waals surface area contributed by atoms with Crippen LogP contribution in [0.25, 0.3) is 0 Å². The highest BCUT2D eigenvalue weighted by Gasteiger charge is 2.54. The topological polar surface area (TPSA) is 35.5 Å². The molecule has 72 valence electrons. The third-order valence-corrected chi connectivity index (χ3v) is 3.71. The molecule has 2 aliphatic carbocycles. The van der Waals surface area contributed by atoms with Gasteiger partial charge in [-0.05, 0) is 19.3 Å². The SMILES string of the molecule is O=C1CC2(OCCO2)C2CCC1C2. The Morgan fingerprint density at radius 2 is 2.00 bits per heavy atom. The van der Waals surface area contributed by atoms with Crippen molar-refractivity contribution < 1.29 is 14.3 Å². The second-order valence-corrected chi connectivity index (χ2v) is 4.36. The van der Waals surface area contributed by atoms with Crippen molar-refractivity contribution >= 4 is 5.78 Å². The molecule has 1 spiro atoms. The number of rotatable bonds is 0. The number of hydrogen-bond donors (Lipinski definition) is 0. The van der Waals surface area contributed by atoms with Crippen molar-refractivity contribution in [2.45, 2.75) is 31.5 Å². The van der Waals surface area contributed by atoms with Crippen molar-refractivity contribution in [3.8, 4) is 0 Å². The number of ketones is 1. The van der Waals surface area contributed by atoms with Crippen LogP contribution >= 0.6 is 0 Å². The first kappa shape index (κ1) is 7.94. The van der Waals surface area contributed by atoms with Crippen LogP contribution in [0.15, 0.2) is 0 Å². The van der Waals surface area contributed by atoms with Gasteiger partial charge in [0.15, 0.2) is 5.79 Å². The summed E-state index contributed by atoms with van der Waals surface area (Å²) >= 11 is 0. The molecule has 2 bridgehead atoms. The first-order chi connectivity index (χ1) is 6.30. The van der Waals surface area contributed by atoms with E-state index in [2.05, 4.69) is 0 Å². The molecule has 1 aliphatic heterocycles. The van der Waals surface area contributed by atoms with Crippen molar-refractivity contribution in [2.24, 2.45) is 11.8 Å². The van der Waals surface area contributed by atoms with E-state index in [1.54, 1.807) is 0 Å². The molecule has 0 N–H and O–H groups in total. The summed E-state index contributed by atoms with van der Waals surface area (Å²) in [6, 6.07) is 0. The van der Waals surface area contributed by atoms with E-state index >= 15 is 0 Å². The average molecular weight is 182 g/mol. The highest BCUT2D eigenvalue weighted by Crippen LogP contribution is 2.49. The van der Waals surface area contributed by atoms with Crippen LogP contribution in [0.1, 0.15) is 25.7 Å². The standard InChI is InChI=1S/C10H14O3/c11-9-6-10(12-3-4-13-10)8-2-1-7(9)5-8/h7-8H,1-6H2. The Morgan fingerprint density at radius 3 is 2.77 bits per heavy atom. The van der Waals surface area contributed by atoms with Crippen LogP contribution in [-0.2, 0) is 14.3 Å². The van der Waals surface area contributed by atoms with Crippen LogP contribution in [0.5, 0.6) is 0 Å². The average Bonchev–Trinajstić information content (AvgIpc) is 2.67. The van der Waals surface area contributed by atoms with Gasteiger partial charge in [0.05, 0.1) is 19.6 Å². The lowest BCUT2D eigenvalue weighted by Crippen LogP contribution is -2.44. The molecule has 1 heterocycles. The predicted molar refractivity (Wildman–Crippen MR) is 45.1 cm³/mol. The molecule has 3 aliphatic rings. The summed E-state index contributed by atoms with van der Waals surface area (Å²) in [5, 5.41) is 0. The van der Waals surface area contributed by atoms with Gasteiger partial charge < -0.3 is 9.47 Å². The highest BCUT2D eigenvalue weighted by atomic mass is 16.7. The van der Waals surface area contributed by atoms with Crippen molar-refractivity contribution in [1.29, 1.82) is 0 Å². The zero-order valence-corrected chi connectivity index (χ0v) is 7.62. The van der Waals surface area contributed by atoms with E-state index in [1.165, 1.54) is 0 Å². The molecular weight excluding hydrogens is 168 g/mol. The maximum Gasteiger partial charge on any atom is 0.178 e. The fraction of sp³-hybridized carbons (Fsp3) is 0.900. The lowest BCUT2D eigenvalue weighted by Gasteiger charge is -2.36.